The van der Waals surface area contributed by atoms with Crippen LogP contribution in [0.5, 0.6) is 5.75 Å². The van der Waals surface area contributed by atoms with Gasteiger partial charge in [-0.2, -0.15) is 0 Å². The first-order chi connectivity index (χ1) is 11.0. The van der Waals surface area contributed by atoms with Crippen molar-refractivity contribution < 1.29 is 8.95 Å². The number of imidazole rings is 1. The second-order valence-corrected chi connectivity index (χ2v) is 6.99. The zero-order valence-corrected chi connectivity index (χ0v) is 14.6. The van der Waals surface area contributed by atoms with Gasteiger partial charge >= 0.3 is 0 Å². The van der Waals surface area contributed by atoms with Crippen molar-refractivity contribution >= 4 is 33.4 Å². The van der Waals surface area contributed by atoms with Gasteiger partial charge in [-0.15, -0.1) is 0 Å². The van der Waals surface area contributed by atoms with Crippen LogP contribution in [0.2, 0.25) is 5.02 Å². The topological polar surface area (TPSA) is 67.9 Å². The highest BCUT2D eigenvalue weighted by Crippen LogP contribution is 2.24. The van der Waals surface area contributed by atoms with Crippen LogP contribution in [-0.4, -0.2) is 26.3 Å². The van der Waals surface area contributed by atoms with Crippen molar-refractivity contribution in [3.63, 3.8) is 0 Å². The summed E-state index contributed by atoms with van der Waals surface area (Å²) in [6, 6.07) is 5.48. The van der Waals surface area contributed by atoms with Gasteiger partial charge in [0.05, 0.1) is 40.4 Å². The van der Waals surface area contributed by atoms with Crippen LogP contribution in [0.4, 0.5) is 0 Å². The standard InChI is InChI=1S/C16H16ClN3O2S/c1-9-7-18-14(10(2)15(9)17)8-23(21)16-19-12-5-4-11(22-3)6-13(12)20-16/h4-7H,8H2,1-3H3,(H,19,20). The Morgan fingerprint density at radius 3 is 2.87 bits per heavy atom. The van der Waals surface area contributed by atoms with E-state index in [2.05, 4.69) is 15.0 Å². The minimum absolute atomic E-state index is 0.267. The van der Waals surface area contributed by atoms with Crippen LogP contribution in [0.15, 0.2) is 29.6 Å². The Kier molecular flexibility index (Phi) is 4.37. The number of halogens is 1. The molecule has 0 aliphatic carbocycles. The number of fused-ring (bicyclic) bond motifs is 1. The smallest absolute Gasteiger partial charge is 0.197 e. The van der Waals surface area contributed by atoms with Crippen LogP contribution in [0.25, 0.3) is 11.0 Å². The van der Waals surface area contributed by atoms with E-state index < -0.39 is 10.8 Å². The predicted octanol–water partition coefficient (Wildman–Crippen LogP) is 3.54. The molecule has 120 valence electrons. The maximum atomic E-state index is 12.6. The fourth-order valence-corrected chi connectivity index (χ4v) is 3.55. The molecule has 0 amide bonds. The van der Waals surface area contributed by atoms with Crippen LogP contribution in [0.3, 0.4) is 0 Å². The molecule has 7 heteroatoms. The zero-order valence-electron chi connectivity index (χ0n) is 13.0. The first-order valence-corrected chi connectivity index (χ1v) is 8.72. The Morgan fingerprint density at radius 2 is 2.13 bits per heavy atom. The molecule has 1 unspecified atom stereocenters. The number of nitrogens with one attached hydrogen (secondary N) is 1. The van der Waals surface area contributed by atoms with Gasteiger partial charge in [-0.1, -0.05) is 11.6 Å². The molecular formula is C16H16ClN3O2S. The number of methoxy groups -OCH3 is 1. The van der Waals surface area contributed by atoms with Gasteiger partial charge in [0.1, 0.15) is 5.75 Å². The second-order valence-electron chi connectivity index (χ2n) is 5.24. The summed E-state index contributed by atoms with van der Waals surface area (Å²) in [4.78, 5) is 11.8. The number of aromatic amines is 1. The minimum atomic E-state index is -1.33. The molecule has 3 rings (SSSR count). The third kappa shape index (κ3) is 3.09. The monoisotopic (exact) mass is 349 g/mol. The molecule has 2 aromatic heterocycles. The first-order valence-electron chi connectivity index (χ1n) is 7.02. The van der Waals surface area contributed by atoms with Crippen molar-refractivity contribution in [2.24, 2.45) is 0 Å². The average Bonchev–Trinajstić information content (AvgIpc) is 2.98. The van der Waals surface area contributed by atoms with Gasteiger partial charge in [-0.05, 0) is 37.1 Å². The van der Waals surface area contributed by atoms with Gasteiger partial charge in [0.15, 0.2) is 5.16 Å². The van der Waals surface area contributed by atoms with E-state index >= 15 is 0 Å². The molecule has 1 aromatic carbocycles. The third-order valence-corrected chi connectivity index (χ3v) is 5.41. The largest absolute Gasteiger partial charge is 0.497 e. The van der Waals surface area contributed by atoms with Crippen LogP contribution in [0, 0.1) is 13.8 Å². The van der Waals surface area contributed by atoms with Crippen LogP contribution in [0.1, 0.15) is 16.8 Å². The van der Waals surface area contributed by atoms with Gasteiger partial charge in [-0.3, -0.25) is 9.19 Å². The highest BCUT2D eigenvalue weighted by atomic mass is 35.5. The Bertz CT molecular complexity index is 908. The van der Waals surface area contributed by atoms with Crippen LogP contribution in [-0.2, 0) is 16.6 Å². The van der Waals surface area contributed by atoms with Gasteiger partial charge < -0.3 is 9.72 Å². The molecule has 3 aromatic rings. The lowest BCUT2D eigenvalue weighted by molar-refractivity contribution is 0.415. The number of ether oxygens (including phenoxy) is 1. The quantitative estimate of drug-likeness (QED) is 0.782. The number of hydrogen-bond donors (Lipinski definition) is 1. The van der Waals surface area contributed by atoms with Crippen molar-refractivity contribution in [1.82, 2.24) is 15.0 Å². The number of aromatic nitrogens is 3. The molecule has 2 heterocycles. The molecular weight excluding hydrogens is 334 g/mol. The molecule has 0 saturated heterocycles. The molecule has 0 radical (unpaired) electrons. The third-order valence-electron chi connectivity index (χ3n) is 3.67. The summed E-state index contributed by atoms with van der Waals surface area (Å²) < 4.78 is 17.8. The molecule has 1 atom stereocenters. The SMILES string of the molecule is COc1ccc2nc(S(=O)Cc3ncc(C)c(Cl)c3C)[nH]c2c1. The average molecular weight is 350 g/mol. The lowest BCUT2D eigenvalue weighted by Gasteiger charge is -2.07. The molecule has 0 aliphatic heterocycles. The summed E-state index contributed by atoms with van der Waals surface area (Å²) in [7, 11) is 0.274. The van der Waals surface area contributed by atoms with E-state index in [1.54, 1.807) is 13.3 Å². The van der Waals surface area contributed by atoms with E-state index in [4.69, 9.17) is 16.3 Å². The Labute approximate surface area is 141 Å². The lowest BCUT2D eigenvalue weighted by atomic mass is 10.2. The van der Waals surface area contributed by atoms with E-state index in [0.29, 0.717) is 10.2 Å². The molecule has 0 bridgehead atoms. The van der Waals surface area contributed by atoms with Crippen LogP contribution < -0.4 is 4.74 Å². The normalized spacial score (nSPS) is 12.5. The summed E-state index contributed by atoms with van der Waals surface area (Å²) in [5, 5.41) is 1.09. The zero-order chi connectivity index (χ0) is 16.6. The van der Waals surface area contributed by atoms with Crippen LogP contribution >= 0.6 is 11.6 Å². The van der Waals surface area contributed by atoms with E-state index in [1.807, 2.05) is 32.0 Å². The summed E-state index contributed by atoms with van der Waals surface area (Å²) in [5.41, 5.74) is 4.03. The second kappa shape index (κ2) is 6.29. The fraction of sp³-hybridized carbons (Fsp3) is 0.250. The van der Waals surface area contributed by atoms with Gasteiger partial charge in [0.25, 0.3) is 0 Å². The van der Waals surface area contributed by atoms with E-state index in [9.17, 15) is 4.21 Å². The van der Waals surface area contributed by atoms with Crippen molar-refractivity contribution in [3.05, 3.63) is 46.2 Å². The van der Waals surface area contributed by atoms with E-state index in [0.717, 1.165) is 33.6 Å². The number of benzene rings is 1. The lowest BCUT2D eigenvalue weighted by Crippen LogP contribution is -2.03. The van der Waals surface area contributed by atoms with E-state index in [1.165, 1.54) is 0 Å². The number of pyridine rings is 1. The minimum Gasteiger partial charge on any atom is -0.497 e. The summed E-state index contributed by atoms with van der Waals surface area (Å²) in [5.74, 6) is 0.990. The van der Waals surface area contributed by atoms with Gasteiger partial charge in [-0.25, -0.2) is 4.98 Å². The molecule has 0 fully saturated rings. The van der Waals surface area contributed by atoms with E-state index in [-0.39, 0.29) is 5.75 Å². The Hall–Kier alpha value is -1.92. The Morgan fingerprint density at radius 1 is 1.35 bits per heavy atom. The summed E-state index contributed by atoms with van der Waals surface area (Å²) in [6.07, 6.45) is 1.70. The van der Waals surface area contributed by atoms with Crippen molar-refractivity contribution in [1.29, 1.82) is 0 Å². The first kappa shape index (κ1) is 16.0. The number of H-pyrrole nitrogens is 1. The molecule has 5 nitrogen and oxygen atoms in total. The fourth-order valence-electron chi connectivity index (χ4n) is 2.29. The highest BCUT2D eigenvalue weighted by Gasteiger charge is 2.15. The maximum absolute atomic E-state index is 12.6. The molecule has 0 saturated carbocycles. The van der Waals surface area contributed by atoms with Crippen molar-refractivity contribution in [2.45, 2.75) is 24.8 Å². The summed E-state index contributed by atoms with van der Waals surface area (Å²) in [6.45, 7) is 3.79. The number of rotatable bonds is 4. The van der Waals surface area contributed by atoms with Crippen molar-refractivity contribution in [2.75, 3.05) is 7.11 Å². The number of hydrogen-bond acceptors (Lipinski definition) is 4. The van der Waals surface area contributed by atoms with Gasteiger partial charge in [0, 0.05) is 17.3 Å². The summed E-state index contributed by atoms with van der Waals surface area (Å²) >= 11 is 6.23. The molecule has 1 N–H and O–H groups in total. The molecule has 0 aliphatic rings. The van der Waals surface area contributed by atoms with Gasteiger partial charge in [0.2, 0.25) is 0 Å². The number of nitrogens with zero attached hydrogens (tertiary/aromatic N) is 2. The molecule has 23 heavy (non-hydrogen) atoms. The maximum Gasteiger partial charge on any atom is 0.197 e. The Balaban J connectivity index is 1.90. The molecule has 0 spiro atoms. The van der Waals surface area contributed by atoms with Crippen molar-refractivity contribution in [3.8, 4) is 5.75 Å². The highest BCUT2D eigenvalue weighted by molar-refractivity contribution is 7.84. The predicted molar refractivity (Wildman–Crippen MR) is 91.5 cm³/mol. The number of aryl methyl sites for hydroxylation is 1.